The zero-order chi connectivity index (χ0) is 11.9. The molecule has 0 saturated carbocycles. The van der Waals surface area contributed by atoms with Crippen molar-refractivity contribution in [2.24, 2.45) is 5.41 Å². The number of esters is 1. The lowest BCUT2D eigenvalue weighted by molar-refractivity contribution is -0.134. The van der Waals surface area contributed by atoms with Crippen molar-refractivity contribution in [3.05, 3.63) is 0 Å². The Balaban J connectivity index is 5.12. The maximum absolute atomic E-state index is 11.4. The molecule has 0 atom stereocenters. The third-order valence-electron chi connectivity index (χ3n) is 1.45. The Morgan fingerprint density at radius 2 is 1.53 bits per heavy atom. The van der Waals surface area contributed by atoms with Crippen molar-refractivity contribution in [2.75, 3.05) is 7.11 Å². The summed E-state index contributed by atoms with van der Waals surface area (Å²) in [5, 5.41) is 0. The van der Waals surface area contributed by atoms with E-state index in [0.717, 1.165) is 7.11 Å². The van der Waals surface area contributed by atoms with Gasteiger partial charge in [0.1, 0.15) is 0 Å². The van der Waals surface area contributed by atoms with E-state index in [1.165, 1.54) is 0 Å². The molecule has 0 fully saturated rings. The molecular weight excluding hydrogens is 192 g/mol. The molecule has 0 bridgehead atoms. The Kier molecular flexibility index (Phi) is 4.28. The third-order valence-corrected chi connectivity index (χ3v) is 1.45. The topological polar surface area (TPSA) is 43.4 Å². The van der Waals surface area contributed by atoms with Gasteiger partial charge in [0.15, 0.2) is 0 Å². The third kappa shape index (κ3) is 2.67. The number of Topliss-reactive ketones (excluding diaryl/α,β-unsaturated/α-hetero) is 1. The molecule has 0 N–H and O–H groups in total. The fourth-order valence-corrected chi connectivity index (χ4v) is 0.574. The van der Waals surface area contributed by atoms with Crippen LogP contribution >= 0.6 is 0 Å². The predicted octanol–water partition coefficient (Wildman–Crippen LogP) is -0.382. The van der Waals surface area contributed by atoms with E-state index in [2.05, 4.69) is 4.74 Å². The molecule has 0 amide bonds. The number of ketones is 1. The van der Waals surface area contributed by atoms with Crippen LogP contribution in [0, 0.1) is 54.3 Å². The van der Waals surface area contributed by atoms with Gasteiger partial charge in [-0.3, -0.25) is 4.79 Å². The molecule has 0 radical (unpaired) electrons. The number of carbonyl (C=O) groups is 2. The monoisotopic (exact) mass is 198 g/mol. The normalized spacial score (nSPS) is 8.13. The van der Waals surface area contributed by atoms with Crippen LogP contribution in [0.4, 0.5) is 0 Å². The second kappa shape index (κ2) is 5.18. The largest absolute Gasteiger partial charge is 0.459 e. The average molecular weight is 198 g/mol. The summed E-state index contributed by atoms with van der Waals surface area (Å²) in [6, 6.07) is 0. The minimum absolute atomic E-state index is 0.872. The lowest BCUT2D eigenvalue weighted by Gasteiger charge is -2.08. The van der Waals surface area contributed by atoms with Crippen LogP contribution in [0.1, 0.15) is 0 Å². The van der Waals surface area contributed by atoms with Gasteiger partial charge in [-0.05, 0) is 5.92 Å². The first-order chi connectivity index (χ1) is 7.06. The van der Waals surface area contributed by atoms with Crippen LogP contribution < -0.4 is 0 Å². The van der Waals surface area contributed by atoms with E-state index >= 15 is 0 Å². The molecule has 0 aliphatic carbocycles. The quantitative estimate of drug-likeness (QED) is 0.249. The first-order valence-corrected chi connectivity index (χ1v) is 3.64. The Hall–Kier alpha value is -2.62. The van der Waals surface area contributed by atoms with Gasteiger partial charge < -0.3 is 4.74 Å². The first kappa shape index (κ1) is 12.4. The highest BCUT2D eigenvalue weighted by Crippen LogP contribution is 2.13. The minimum atomic E-state index is -1.82. The van der Waals surface area contributed by atoms with Gasteiger partial charge in [-0.15, -0.1) is 19.3 Å². The fourth-order valence-electron chi connectivity index (χ4n) is 0.574. The molecular formula is C12H6O3. The van der Waals surface area contributed by atoms with Crippen LogP contribution in [0.15, 0.2) is 0 Å². The molecule has 0 heterocycles. The molecule has 0 aliphatic heterocycles. The summed E-state index contributed by atoms with van der Waals surface area (Å²) in [5.74, 6) is 8.02. The Bertz CT molecular complexity index is 430. The van der Waals surface area contributed by atoms with E-state index in [4.69, 9.17) is 19.3 Å². The number of ether oxygens (including phenoxy) is 1. The molecule has 0 unspecified atom stereocenters. The molecule has 3 heteroatoms. The van der Waals surface area contributed by atoms with E-state index in [1.54, 1.807) is 0 Å². The van der Waals surface area contributed by atoms with Gasteiger partial charge in [-0.25, -0.2) is 4.79 Å². The second-order valence-electron chi connectivity index (χ2n) is 2.25. The summed E-state index contributed by atoms with van der Waals surface area (Å²) in [6.45, 7) is 0. The van der Waals surface area contributed by atoms with Crippen molar-refractivity contribution < 1.29 is 14.3 Å². The lowest BCUT2D eigenvalue weighted by atomic mass is 9.86. The van der Waals surface area contributed by atoms with Crippen molar-refractivity contribution in [3.8, 4) is 48.9 Å². The fraction of sp³-hybridized carbons (Fsp3) is 0.167. The molecule has 0 aromatic heterocycles. The van der Waals surface area contributed by atoms with Crippen molar-refractivity contribution in [2.45, 2.75) is 0 Å². The van der Waals surface area contributed by atoms with Crippen LogP contribution in [-0.4, -0.2) is 18.9 Å². The van der Waals surface area contributed by atoms with Gasteiger partial charge in [-0.1, -0.05) is 17.8 Å². The van der Waals surface area contributed by atoms with Gasteiger partial charge in [-0.2, -0.15) is 0 Å². The smallest absolute Gasteiger partial charge is 0.384 e. The lowest BCUT2D eigenvalue weighted by Crippen LogP contribution is -2.24. The van der Waals surface area contributed by atoms with Crippen LogP contribution in [0.5, 0.6) is 0 Å². The molecule has 0 saturated heterocycles. The maximum Gasteiger partial charge on any atom is 0.384 e. The highest BCUT2D eigenvalue weighted by molar-refractivity contribution is 6.09. The molecule has 3 nitrogen and oxygen atoms in total. The van der Waals surface area contributed by atoms with Crippen LogP contribution in [0.25, 0.3) is 0 Å². The number of carbonyl (C=O) groups excluding carboxylic acids is 2. The average Bonchev–Trinajstić information content (AvgIpc) is 2.28. The number of methoxy groups -OCH3 is 1. The zero-order valence-electron chi connectivity index (χ0n) is 7.96. The minimum Gasteiger partial charge on any atom is -0.459 e. The van der Waals surface area contributed by atoms with Crippen molar-refractivity contribution >= 4 is 11.8 Å². The molecule has 0 aromatic carbocycles. The number of hydrogen-bond acceptors (Lipinski definition) is 3. The van der Waals surface area contributed by atoms with Gasteiger partial charge in [0, 0.05) is 5.92 Å². The van der Waals surface area contributed by atoms with Gasteiger partial charge in [0.05, 0.1) is 7.11 Å². The maximum atomic E-state index is 11.4. The van der Waals surface area contributed by atoms with Crippen LogP contribution in [-0.2, 0) is 14.3 Å². The summed E-state index contributed by atoms with van der Waals surface area (Å²) in [4.78, 5) is 22.0. The van der Waals surface area contributed by atoms with E-state index in [0.29, 0.717) is 0 Å². The van der Waals surface area contributed by atoms with E-state index in [-0.39, 0.29) is 0 Å². The number of hydrogen-bond donors (Lipinski definition) is 0. The van der Waals surface area contributed by atoms with Crippen LogP contribution in [0.2, 0.25) is 0 Å². The van der Waals surface area contributed by atoms with Crippen molar-refractivity contribution in [3.63, 3.8) is 0 Å². The second-order valence-corrected chi connectivity index (χ2v) is 2.25. The predicted molar refractivity (Wildman–Crippen MR) is 53.7 cm³/mol. The van der Waals surface area contributed by atoms with E-state index < -0.39 is 17.2 Å². The van der Waals surface area contributed by atoms with Crippen molar-refractivity contribution in [1.29, 1.82) is 0 Å². The Morgan fingerprint density at radius 3 is 1.87 bits per heavy atom. The molecule has 0 spiro atoms. The first-order valence-electron chi connectivity index (χ1n) is 3.64. The summed E-state index contributed by atoms with van der Waals surface area (Å²) in [7, 11) is 1.12. The van der Waals surface area contributed by atoms with Gasteiger partial charge in [0.25, 0.3) is 0 Å². The summed E-state index contributed by atoms with van der Waals surface area (Å²) < 4.78 is 4.19. The number of terminal acetylenes is 3. The summed E-state index contributed by atoms with van der Waals surface area (Å²) in [6.07, 6.45) is 15.1. The Labute approximate surface area is 88.2 Å². The van der Waals surface area contributed by atoms with Crippen molar-refractivity contribution in [1.82, 2.24) is 0 Å². The SMILES string of the molecule is C#CC(C#C)(C#C)C(=O)C#CC(=O)OC. The summed E-state index contributed by atoms with van der Waals surface area (Å²) in [5.41, 5.74) is -1.82. The summed E-state index contributed by atoms with van der Waals surface area (Å²) >= 11 is 0. The standard InChI is InChI=1S/C12H6O3/c1-5-12(6-2,7-3)10(13)8-9-11(14)15-4/h1-3H,4H3. The molecule has 15 heavy (non-hydrogen) atoms. The number of rotatable bonds is 1. The Morgan fingerprint density at radius 1 is 1.07 bits per heavy atom. The van der Waals surface area contributed by atoms with Gasteiger partial charge in [0.2, 0.25) is 11.2 Å². The molecule has 0 aliphatic rings. The molecule has 72 valence electrons. The van der Waals surface area contributed by atoms with E-state index in [9.17, 15) is 9.59 Å². The highest BCUT2D eigenvalue weighted by Gasteiger charge is 2.30. The zero-order valence-corrected chi connectivity index (χ0v) is 7.96. The van der Waals surface area contributed by atoms with E-state index in [1.807, 2.05) is 29.6 Å². The highest BCUT2D eigenvalue weighted by atomic mass is 16.5. The van der Waals surface area contributed by atoms with Gasteiger partial charge >= 0.3 is 5.97 Å². The molecule has 0 aromatic rings. The molecule has 0 rings (SSSR count). The van der Waals surface area contributed by atoms with Crippen LogP contribution in [0.3, 0.4) is 0 Å².